The van der Waals surface area contributed by atoms with Gasteiger partial charge in [-0.25, -0.2) is 9.59 Å². The summed E-state index contributed by atoms with van der Waals surface area (Å²) >= 11 is 0. The minimum absolute atomic E-state index is 0.163. The number of fused-ring (bicyclic) bond motifs is 1. The molecule has 0 aromatic carbocycles. The molecule has 0 aromatic rings. The molecule has 2 atom stereocenters. The van der Waals surface area contributed by atoms with Crippen LogP contribution in [0.1, 0.15) is 26.2 Å². The Hall–Kier alpha value is -1.30. The number of likely N-dealkylation sites (N-methyl/N-ethyl adjacent to an activating group) is 1. The molecule has 6 nitrogen and oxygen atoms in total. The van der Waals surface area contributed by atoms with Crippen LogP contribution in [0.15, 0.2) is 0 Å². The van der Waals surface area contributed by atoms with Crippen LogP contribution in [0, 0.1) is 0 Å². The Labute approximate surface area is 114 Å². The van der Waals surface area contributed by atoms with E-state index in [9.17, 15) is 9.59 Å². The van der Waals surface area contributed by atoms with E-state index in [1.165, 1.54) is 11.3 Å². The number of carboxylic acids is 1. The summed E-state index contributed by atoms with van der Waals surface area (Å²) in [7, 11) is 1.57. The van der Waals surface area contributed by atoms with E-state index in [1.54, 1.807) is 14.0 Å². The van der Waals surface area contributed by atoms with Gasteiger partial charge in [0, 0.05) is 32.7 Å². The summed E-state index contributed by atoms with van der Waals surface area (Å²) in [6, 6.07) is -0.487. The number of carboxylic acid groups (broad SMARTS) is 1. The highest BCUT2D eigenvalue weighted by atomic mass is 16.4. The second-order valence-electron chi connectivity index (χ2n) is 5.54. The standard InChI is InChI=1S/C13H23N3O3/c1-10(12(17)18)14(2)13(19)16-8-4-7-15-6-3-5-11(15)9-16/h10-11H,3-9H2,1-2H3,(H,17,18). The van der Waals surface area contributed by atoms with Crippen molar-refractivity contribution in [1.82, 2.24) is 14.7 Å². The van der Waals surface area contributed by atoms with Crippen molar-refractivity contribution in [3.05, 3.63) is 0 Å². The van der Waals surface area contributed by atoms with Crippen LogP contribution < -0.4 is 0 Å². The first-order valence-corrected chi connectivity index (χ1v) is 6.99. The molecule has 2 heterocycles. The summed E-state index contributed by atoms with van der Waals surface area (Å²) in [5, 5.41) is 8.98. The highest BCUT2D eigenvalue weighted by Gasteiger charge is 2.33. The summed E-state index contributed by atoms with van der Waals surface area (Å²) in [6.07, 6.45) is 3.31. The van der Waals surface area contributed by atoms with Gasteiger partial charge in [0.2, 0.25) is 0 Å². The predicted molar refractivity (Wildman–Crippen MR) is 71.0 cm³/mol. The van der Waals surface area contributed by atoms with Crippen molar-refractivity contribution in [3.8, 4) is 0 Å². The van der Waals surface area contributed by atoms with E-state index in [0.29, 0.717) is 6.04 Å². The third kappa shape index (κ3) is 3.00. The first-order valence-electron chi connectivity index (χ1n) is 6.99. The van der Waals surface area contributed by atoms with E-state index in [4.69, 9.17) is 5.11 Å². The number of hydrogen-bond acceptors (Lipinski definition) is 3. The minimum Gasteiger partial charge on any atom is -0.480 e. The largest absolute Gasteiger partial charge is 0.480 e. The molecule has 0 spiro atoms. The SMILES string of the molecule is CC(C(=O)O)N(C)C(=O)N1CCCN2CCCC2C1. The molecule has 2 aliphatic heterocycles. The quantitative estimate of drug-likeness (QED) is 0.801. The maximum absolute atomic E-state index is 12.4. The summed E-state index contributed by atoms with van der Waals surface area (Å²) in [5.74, 6) is -0.965. The molecule has 0 radical (unpaired) electrons. The first-order chi connectivity index (χ1) is 9.00. The van der Waals surface area contributed by atoms with E-state index in [-0.39, 0.29) is 6.03 Å². The molecule has 0 aliphatic carbocycles. The summed E-state index contributed by atoms with van der Waals surface area (Å²) in [5.41, 5.74) is 0. The van der Waals surface area contributed by atoms with Crippen LogP contribution in [0.25, 0.3) is 0 Å². The lowest BCUT2D eigenvalue weighted by molar-refractivity contribution is -0.141. The second kappa shape index (κ2) is 5.77. The van der Waals surface area contributed by atoms with Crippen LogP contribution in [-0.2, 0) is 4.79 Å². The Bertz CT molecular complexity index is 361. The molecule has 1 N–H and O–H groups in total. The molecule has 2 amide bonds. The third-order valence-electron chi connectivity index (χ3n) is 4.31. The number of nitrogens with zero attached hydrogens (tertiary/aromatic N) is 3. The summed E-state index contributed by atoms with van der Waals surface area (Å²) < 4.78 is 0. The smallest absolute Gasteiger partial charge is 0.326 e. The molecule has 2 unspecified atom stereocenters. The van der Waals surface area contributed by atoms with E-state index >= 15 is 0 Å². The zero-order chi connectivity index (χ0) is 14.0. The van der Waals surface area contributed by atoms with Crippen LogP contribution >= 0.6 is 0 Å². The highest BCUT2D eigenvalue weighted by molar-refractivity contribution is 5.82. The Balaban J connectivity index is 2.00. The van der Waals surface area contributed by atoms with Crippen molar-refractivity contribution >= 4 is 12.0 Å². The molecule has 2 saturated heterocycles. The van der Waals surface area contributed by atoms with Crippen LogP contribution in [0.4, 0.5) is 4.79 Å². The van der Waals surface area contributed by atoms with Gasteiger partial charge in [-0.2, -0.15) is 0 Å². The molecule has 19 heavy (non-hydrogen) atoms. The van der Waals surface area contributed by atoms with Crippen molar-refractivity contribution in [2.24, 2.45) is 0 Å². The van der Waals surface area contributed by atoms with Crippen molar-refractivity contribution in [2.45, 2.75) is 38.3 Å². The Kier molecular flexibility index (Phi) is 4.29. The highest BCUT2D eigenvalue weighted by Crippen LogP contribution is 2.22. The fourth-order valence-electron chi connectivity index (χ4n) is 2.93. The van der Waals surface area contributed by atoms with Gasteiger partial charge in [-0.1, -0.05) is 0 Å². The lowest BCUT2D eigenvalue weighted by Gasteiger charge is -2.31. The van der Waals surface area contributed by atoms with Crippen LogP contribution in [-0.4, -0.2) is 77.1 Å². The number of rotatable bonds is 2. The number of aliphatic carboxylic acids is 1. The second-order valence-corrected chi connectivity index (χ2v) is 5.54. The van der Waals surface area contributed by atoms with Gasteiger partial charge in [0.1, 0.15) is 6.04 Å². The Morgan fingerprint density at radius 3 is 2.63 bits per heavy atom. The van der Waals surface area contributed by atoms with Gasteiger partial charge in [-0.05, 0) is 32.7 Å². The molecule has 0 aromatic heterocycles. The maximum Gasteiger partial charge on any atom is 0.326 e. The summed E-state index contributed by atoms with van der Waals surface area (Å²) in [6.45, 7) is 5.18. The molecule has 2 fully saturated rings. The molecule has 2 aliphatic rings. The monoisotopic (exact) mass is 269 g/mol. The van der Waals surface area contributed by atoms with Crippen LogP contribution in [0.3, 0.4) is 0 Å². The Morgan fingerprint density at radius 2 is 1.95 bits per heavy atom. The molecule has 2 rings (SSSR count). The zero-order valence-corrected chi connectivity index (χ0v) is 11.7. The van der Waals surface area contributed by atoms with Crippen LogP contribution in [0.5, 0.6) is 0 Å². The lowest BCUT2D eigenvalue weighted by Crippen LogP contribution is -2.49. The van der Waals surface area contributed by atoms with Crippen molar-refractivity contribution in [3.63, 3.8) is 0 Å². The molecular formula is C13H23N3O3. The molecule has 6 heteroatoms. The van der Waals surface area contributed by atoms with Gasteiger partial charge in [0.25, 0.3) is 0 Å². The molecular weight excluding hydrogens is 246 g/mol. The van der Waals surface area contributed by atoms with Gasteiger partial charge < -0.3 is 14.9 Å². The van der Waals surface area contributed by atoms with E-state index in [0.717, 1.165) is 39.0 Å². The van der Waals surface area contributed by atoms with E-state index in [2.05, 4.69) is 4.90 Å². The van der Waals surface area contributed by atoms with Gasteiger partial charge >= 0.3 is 12.0 Å². The minimum atomic E-state index is -0.965. The predicted octanol–water partition coefficient (Wildman–Crippen LogP) is 0.681. The number of amides is 2. The fraction of sp³-hybridized carbons (Fsp3) is 0.846. The third-order valence-corrected chi connectivity index (χ3v) is 4.31. The maximum atomic E-state index is 12.4. The van der Waals surface area contributed by atoms with E-state index in [1.807, 2.05) is 4.90 Å². The average molecular weight is 269 g/mol. The number of urea groups is 1. The van der Waals surface area contributed by atoms with Crippen molar-refractivity contribution < 1.29 is 14.7 Å². The van der Waals surface area contributed by atoms with E-state index < -0.39 is 12.0 Å². The van der Waals surface area contributed by atoms with Gasteiger partial charge in [0.15, 0.2) is 0 Å². The summed E-state index contributed by atoms with van der Waals surface area (Å²) in [4.78, 5) is 28.9. The number of carbonyl (C=O) groups excluding carboxylic acids is 1. The molecule has 0 saturated carbocycles. The first kappa shape index (κ1) is 14.1. The number of hydrogen-bond donors (Lipinski definition) is 1. The zero-order valence-electron chi connectivity index (χ0n) is 11.7. The van der Waals surface area contributed by atoms with Crippen molar-refractivity contribution in [1.29, 1.82) is 0 Å². The van der Waals surface area contributed by atoms with Crippen LogP contribution in [0.2, 0.25) is 0 Å². The fourth-order valence-corrected chi connectivity index (χ4v) is 2.93. The average Bonchev–Trinajstić information content (AvgIpc) is 2.73. The molecule has 108 valence electrons. The number of carbonyl (C=O) groups is 2. The van der Waals surface area contributed by atoms with Crippen molar-refractivity contribution in [2.75, 3.05) is 33.2 Å². The van der Waals surface area contributed by atoms with Gasteiger partial charge in [-0.3, -0.25) is 4.90 Å². The van der Waals surface area contributed by atoms with Gasteiger partial charge in [-0.15, -0.1) is 0 Å². The Morgan fingerprint density at radius 1 is 1.26 bits per heavy atom. The lowest BCUT2D eigenvalue weighted by atomic mass is 10.2. The normalized spacial score (nSPS) is 25.6. The van der Waals surface area contributed by atoms with Gasteiger partial charge in [0.05, 0.1) is 0 Å². The molecule has 0 bridgehead atoms. The topological polar surface area (TPSA) is 64.1 Å².